The average Bonchev–Trinajstić information content (AvgIpc) is 3.02. The van der Waals surface area contributed by atoms with E-state index in [1.807, 2.05) is 0 Å². The molecule has 0 amide bonds. The topological polar surface area (TPSA) is 78.4 Å². The van der Waals surface area contributed by atoms with Crippen LogP contribution in [0, 0.1) is 21.7 Å². The van der Waals surface area contributed by atoms with Crippen molar-refractivity contribution in [1.29, 1.82) is 0 Å². The summed E-state index contributed by atoms with van der Waals surface area (Å²) in [5.74, 6) is 2.61. The number of nitro benzene ring substituents is 1. The Hall–Kier alpha value is -1.60. The van der Waals surface area contributed by atoms with Gasteiger partial charge in [0.1, 0.15) is 0 Å². The third-order valence-electron chi connectivity index (χ3n) is 3.02. The van der Waals surface area contributed by atoms with Crippen molar-refractivity contribution >= 4 is 5.69 Å². The smallest absolute Gasteiger partial charge is 0.276 e. The Morgan fingerprint density at radius 2 is 2.00 bits per heavy atom. The predicted octanol–water partition coefficient (Wildman–Crippen LogP) is 1.79. The number of hydrogen-bond donors (Lipinski definition) is 1. The lowest BCUT2D eigenvalue weighted by Crippen LogP contribution is -2.20. The van der Waals surface area contributed by atoms with E-state index in [4.69, 9.17) is 5.90 Å². The van der Waals surface area contributed by atoms with E-state index in [0.29, 0.717) is 18.9 Å². The van der Waals surface area contributed by atoms with E-state index < -0.39 is 27.7 Å². The fraction of sp³-hybridized carbons (Fsp3) is 0.400. The minimum Gasteiger partial charge on any atom is -0.304 e. The molecular formula is C10H10F2N2O3. The molecule has 1 aliphatic rings. The summed E-state index contributed by atoms with van der Waals surface area (Å²) in [5.41, 5.74) is -0.934. The van der Waals surface area contributed by atoms with Crippen molar-refractivity contribution in [1.82, 2.24) is 0 Å². The Morgan fingerprint density at radius 3 is 2.47 bits per heavy atom. The highest BCUT2D eigenvalue weighted by Crippen LogP contribution is 2.51. The Bertz CT molecular complexity index is 475. The fourth-order valence-corrected chi connectivity index (χ4v) is 1.91. The second kappa shape index (κ2) is 4.01. The van der Waals surface area contributed by atoms with Crippen LogP contribution in [-0.2, 0) is 10.3 Å². The highest BCUT2D eigenvalue weighted by Gasteiger charge is 2.49. The highest BCUT2D eigenvalue weighted by molar-refractivity contribution is 5.49. The predicted molar refractivity (Wildman–Crippen MR) is 54.1 cm³/mol. The molecule has 0 radical (unpaired) electrons. The molecular weight excluding hydrogens is 234 g/mol. The first-order chi connectivity index (χ1) is 8.00. The number of benzene rings is 1. The van der Waals surface area contributed by atoms with Crippen LogP contribution in [0.4, 0.5) is 14.5 Å². The van der Waals surface area contributed by atoms with Crippen molar-refractivity contribution in [3.8, 4) is 0 Å². The zero-order chi connectivity index (χ0) is 12.6. The zero-order valence-corrected chi connectivity index (χ0v) is 8.78. The molecule has 0 spiro atoms. The van der Waals surface area contributed by atoms with E-state index in [1.54, 1.807) is 0 Å². The summed E-state index contributed by atoms with van der Waals surface area (Å²) in [6, 6.07) is 1.46. The average molecular weight is 244 g/mol. The van der Waals surface area contributed by atoms with Gasteiger partial charge in [0.05, 0.1) is 17.6 Å². The normalized spacial score (nSPS) is 16.9. The lowest BCUT2D eigenvalue weighted by Gasteiger charge is -2.14. The van der Waals surface area contributed by atoms with Gasteiger partial charge in [0.2, 0.25) is 0 Å². The molecule has 17 heavy (non-hydrogen) atoms. The Balaban J connectivity index is 2.52. The van der Waals surface area contributed by atoms with Gasteiger partial charge < -0.3 is 4.84 Å². The Kier molecular flexibility index (Phi) is 2.80. The van der Waals surface area contributed by atoms with Gasteiger partial charge in [-0.15, -0.1) is 0 Å². The van der Waals surface area contributed by atoms with Gasteiger partial charge in [0, 0.05) is 11.0 Å². The molecule has 0 aromatic heterocycles. The van der Waals surface area contributed by atoms with Gasteiger partial charge in [0.15, 0.2) is 11.6 Å². The summed E-state index contributed by atoms with van der Waals surface area (Å²) in [4.78, 5) is 14.6. The van der Waals surface area contributed by atoms with Crippen molar-refractivity contribution in [2.24, 2.45) is 5.90 Å². The Morgan fingerprint density at radius 1 is 1.41 bits per heavy atom. The lowest BCUT2D eigenvalue weighted by molar-refractivity contribution is -0.386. The molecule has 5 nitrogen and oxygen atoms in total. The molecule has 0 bridgehead atoms. The first kappa shape index (κ1) is 11.9. The minimum atomic E-state index is -1.23. The van der Waals surface area contributed by atoms with Gasteiger partial charge in [-0.3, -0.25) is 10.1 Å². The summed E-state index contributed by atoms with van der Waals surface area (Å²) in [7, 11) is 0. The second-order valence-electron chi connectivity index (χ2n) is 4.13. The van der Waals surface area contributed by atoms with Crippen LogP contribution < -0.4 is 5.90 Å². The van der Waals surface area contributed by atoms with Crippen LogP contribution in [0.15, 0.2) is 12.1 Å². The molecule has 0 atom stereocenters. The number of nitro groups is 1. The molecule has 1 aromatic rings. The molecule has 1 saturated carbocycles. The van der Waals surface area contributed by atoms with Crippen molar-refractivity contribution < 1.29 is 18.5 Å². The molecule has 1 aromatic carbocycles. The number of nitrogens with two attached hydrogens (primary N) is 1. The van der Waals surface area contributed by atoms with E-state index in [-0.39, 0.29) is 12.2 Å². The summed E-state index contributed by atoms with van der Waals surface area (Å²) in [5, 5.41) is 10.8. The van der Waals surface area contributed by atoms with E-state index in [1.165, 1.54) is 0 Å². The molecule has 1 aliphatic carbocycles. The summed E-state index contributed by atoms with van der Waals surface area (Å²) < 4.78 is 26.1. The molecule has 0 saturated heterocycles. The van der Waals surface area contributed by atoms with Gasteiger partial charge >= 0.3 is 0 Å². The van der Waals surface area contributed by atoms with E-state index in [0.717, 1.165) is 6.07 Å². The number of halogens is 2. The van der Waals surface area contributed by atoms with E-state index in [9.17, 15) is 18.9 Å². The van der Waals surface area contributed by atoms with Crippen LogP contribution >= 0.6 is 0 Å². The van der Waals surface area contributed by atoms with Crippen LogP contribution in [0.2, 0.25) is 0 Å². The highest BCUT2D eigenvalue weighted by atomic mass is 19.2. The van der Waals surface area contributed by atoms with Gasteiger partial charge in [-0.25, -0.2) is 14.7 Å². The third kappa shape index (κ3) is 1.98. The first-order valence-electron chi connectivity index (χ1n) is 4.96. The summed E-state index contributed by atoms with van der Waals surface area (Å²) in [6.07, 6.45) is 1.21. The lowest BCUT2D eigenvalue weighted by atomic mass is 9.95. The van der Waals surface area contributed by atoms with Crippen LogP contribution in [0.1, 0.15) is 18.4 Å². The minimum absolute atomic E-state index is 0.0545. The zero-order valence-electron chi connectivity index (χ0n) is 8.78. The molecule has 1 fully saturated rings. The molecule has 0 aliphatic heterocycles. The summed E-state index contributed by atoms with van der Waals surface area (Å²) in [6.45, 7) is 0.0545. The van der Waals surface area contributed by atoms with E-state index >= 15 is 0 Å². The molecule has 7 heteroatoms. The SMILES string of the molecule is NOCC1(c2cc(F)c(F)cc2[N+](=O)[O-])CC1. The van der Waals surface area contributed by atoms with Crippen LogP contribution in [0.25, 0.3) is 0 Å². The number of hydrogen-bond acceptors (Lipinski definition) is 4. The Labute approximate surface area is 95.3 Å². The second-order valence-corrected chi connectivity index (χ2v) is 4.13. The number of rotatable bonds is 4. The van der Waals surface area contributed by atoms with Crippen molar-refractivity contribution in [3.63, 3.8) is 0 Å². The van der Waals surface area contributed by atoms with Gasteiger partial charge in [-0.1, -0.05) is 0 Å². The van der Waals surface area contributed by atoms with Crippen LogP contribution in [0.3, 0.4) is 0 Å². The van der Waals surface area contributed by atoms with Crippen molar-refractivity contribution in [2.45, 2.75) is 18.3 Å². The van der Waals surface area contributed by atoms with Crippen LogP contribution in [0.5, 0.6) is 0 Å². The number of nitrogens with zero attached hydrogens (tertiary/aromatic N) is 1. The van der Waals surface area contributed by atoms with Gasteiger partial charge in [-0.2, -0.15) is 0 Å². The van der Waals surface area contributed by atoms with Crippen LogP contribution in [-0.4, -0.2) is 11.5 Å². The maximum Gasteiger partial charge on any atom is 0.276 e. The standard InChI is InChI=1S/C10H10F2N2O3/c11-7-3-6(10(1-2-10)5-17-13)9(14(15)16)4-8(7)12/h3-4H,1-2,5,13H2. The monoisotopic (exact) mass is 244 g/mol. The maximum absolute atomic E-state index is 13.2. The summed E-state index contributed by atoms with van der Waals surface area (Å²) >= 11 is 0. The molecule has 92 valence electrons. The molecule has 0 heterocycles. The first-order valence-corrected chi connectivity index (χ1v) is 4.96. The molecule has 2 rings (SSSR count). The van der Waals surface area contributed by atoms with Crippen molar-refractivity contribution in [3.05, 3.63) is 39.4 Å². The third-order valence-corrected chi connectivity index (χ3v) is 3.02. The van der Waals surface area contributed by atoms with E-state index in [2.05, 4.69) is 4.84 Å². The van der Waals surface area contributed by atoms with Crippen molar-refractivity contribution in [2.75, 3.05) is 6.61 Å². The van der Waals surface area contributed by atoms with Gasteiger partial charge in [-0.05, 0) is 18.9 Å². The largest absolute Gasteiger partial charge is 0.304 e. The van der Waals surface area contributed by atoms with Gasteiger partial charge in [0.25, 0.3) is 5.69 Å². The fourth-order valence-electron chi connectivity index (χ4n) is 1.91. The molecule has 2 N–H and O–H groups in total. The molecule has 0 unspecified atom stereocenters. The maximum atomic E-state index is 13.2. The quantitative estimate of drug-likeness (QED) is 0.647.